The largest absolute Gasteiger partial charge is 0.440 e. The molecule has 8 heteroatoms. The van der Waals surface area contributed by atoms with E-state index in [4.69, 9.17) is 9.68 Å². The number of aromatic amines is 1. The molecular weight excluding hydrogens is 344 g/mol. The molecule has 3 aromatic rings. The minimum absolute atomic E-state index is 0.134. The summed E-state index contributed by atoms with van der Waals surface area (Å²) in [6.45, 7) is 2.23. The number of aromatic nitrogens is 3. The maximum Gasteiger partial charge on any atom is 0.290 e. The van der Waals surface area contributed by atoms with Crippen LogP contribution in [0.1, 0.15) is 35.6 Å². The second kappa shape index (κ2) is 5.84. The predicted octanol–water partition coefficient (Wildman–Crippen LogP) is 2.31. The van der Waals surface area contributed by atoms with Crippen molar-refractivity contribution < 1.29 is 9.21 Å². The number of anilines is 1. The van der Waals surface area contributed by atoms with E-state index in [-0.39, 0.29) is 23.0 Å². The van der Waals surface area contributed by atoms with Crippen LogP contribution in [-0.2, 0) is 0 Å². The number of hydrogen-bond acceptors (Lipinski definition) is 6. The molecule has 27 heavy (non-hydrogen) atoms. The third-order valence-electron chi connectivity index (χ3n) is 5.50. The van der Waals surface area contributed by atoms with Gasteiger partial charge in [0.15, 0.2) is 5.76 Å². The first-order valence-corrected chi connectivity index (χ1v) is 9.05. The summed E-state index contributed by atoms with van der Waals surface area (Å²) < 4.78 is 5.38. The maximum absolute atomic E-state index is 13.0. The van der Waals surface area contributed by atoms with Crippen molar-refractivity contribution in [2.45, 2.75) is 24.8 Å². The molecule has 5 rings (SSSR count). The average molecular weight is 362 g/mol. The van der Waals surface area contributed by atoms with E-state index in [0.29, 0.717) is 6.54 Å². The van der Waals surface area contributed by atoms with E-state index in [9.17, 15) is 4.79 Å². The van der Waals surface area contributed by atoms with Crippen LogP contribution in [0.3, 0.4) is 0 Å². The molecule has 2 fully saturated rings. The molecule has 4 heterocycles. The Hall–Kier alpha value is -3.34. The highest BCUT2D eigenvalue weighted by Crippen LogP contribution is 2.45. The molecule has 2 aliphatic rings. The second-order valence-corrected chi connectivity index (χ2v) is 7.17. The van der Waals surface area contributed by atoms with Crippen molar-refractivity contribution in [1.82, 2.24) is 19.9 Å². The quantitative estimate of drug-likeness (QED) is 0.750. The van der Waals surface area contributed by atoms with E-state index in [1.807, 2.05) is 23.2 Å². The summed E-state index contributed by atoms with van der Waals surface area (Å²) in [5.41, 5.74) is 0.627. The summed E-state index contributed by atoms with van der Waals surface area (Å²) in [4.78, 5) is 29.1. The minimum Gasteiger partial charge on any atom is -0.440 e. The van der Waals surface area contributed by atoms with Crippen molar-refractivity contribution in [1.29, 1.82) is 5.26 Å². The molecule has 0 atom stereocenters. The number of carbonyl (C=O) groups excluding carboxylic acids is 1. The fraction of sp³-hybridized carbons (Fsp3) is 0.368. The third kappa shape index (κ3) is 2.54. The fourth-order valence-corrected chi connectivity index (χ4v) is 4.00. The lowest BCUT2D eigenvalue weighted by Gasteiger charge is -2.32. The SMILES string of the molecule is N#Cc1ccc(C(=O)N2CCCN(c3ncnc4[nH]ccc34)CC23CC3)o1. The van der Waals surface area contributed by atoms with E-state index in [1.165, 1.54) is 0 Å². The van der Waals surface area contributed by atoms with Crippen molar-refractivity contribution >= 4 is 22.8 Å². The van der Waals surface area contributed by atoms with Crippen LogP contribution in [0.2, 0.25) is 0 Å². The number of hydrogen-bond donors (Lipinski definition) is 1. The number of amides is 1. The second-order valence-electron chi connectivity index (χ2n) is 7.17. The summed E-state index contributed by atoms with van der Waals surface area (Å²) in [6, 6.07) is 7.06. The average Bonchev–Trinajstić information content (AvgIpc) is 3.13. The summed E-state index contributed by atoms with van der Waals surface area (Å²) in [7, 11) is 0. The molecular formula is C19H18N6O2. The molecule has 3 aromatic heterocycles. The van der Waals surface area contributed by atoms with Crippen molar-refractivity contribution in [2.24, 2.45) is 0 Å². The van der Waals surface area contributed by atoms with Gasteiger partial charge in [-0.05, 0) is 37.5 Å². The summed E-state index contributed by atoms with van der Waals surface area (Å²) in [5, 5.41) is 9.94. The molecule has 1 aliphatic heterocycles. The monoisotopic (exact) mass is 362 g/mol. The zero-order valence-electron chi connectivity index (χ0n) is 14.7. The predicted molar refractivity (Wildman–Crippen MR) is 97.1 cm³/mol. The lowest BCUT2D eigenvalue weighted by Crippen LogP contribution is -2.46. The molecule has 1 spiro atoms. The molecule has 0 bridgehead atoms. The third-order valence-corrected chi connectivity index (χ3v) is 5.50. The van der Waals surface area contributed by atoms with Gasteiger partial charge in [-0.25, -0.2) is 9.97 Å². The summed E-state index contributed by atoms with van der Waals surface area (Å²) in [6.07, 6.45) is 6.21. The molecule has 8 nitrogen and oxygen atoms in total. The Kier molecular flexibility index (Phi) is 3.44. The Morgan fingerprint density at radius 2 is 2.15 bits per heavy atom. The van der Waals surface area contributed by atoms with Crippen LogP contribution in [0, 0.1) is 11.3 Å². The summed E-state index contributed by atoms with van der Waals surface area (Å²) in [5.74, 6) is 1.17. The number of rotatable bonds is 2. The first-order chi connectivity index (χ1) is 13.2. The zero-order valence-corrected chi connectivity index (χ0v) is 14.7. The van der Waals surface area contributed by atoms with Crippen LogP contribution in [0.25, 0.3) is 11.0 Å². The van der Waals surface area contributed by atoms with Gasteiger partial charge >= 0.3 is 0 Å². The van der Waals surface area contributed by atoms with Gasteiger partial charge in [0, 0.05) is 25.8 Å². The molecule has 0 aromatic carbocycles. The lowest BCUT2D eigenvalue weighted by atomic mass is 10.2. The first kappa shape index (κ1) is 15.9. The first-order valence-electron chi connectivity index (χ1n) is 9.05. The Labute approximate surface area is 155 Å². The number of fused-ring (bicyclic) bond motifs is 1. The molecule has 136 valence electrons. The van der Waals surface area contributed by atoms with Crippen molar-refractivity contribution in [3.8, 4) is 6.07 Å². The van der Waals surface area contributed by atoms with Crippen LogP contribution in [0.5, 0.6) is 0 Å². The van der Waals surface area contributed by atoms with Gasteiger partial charge in [-0.15, -0.1) is 0 Å². The number of carbonyl (C=O) groups is 1. The van der Waals surface area contributed by atoms with E-state index < -0.39 is 0 Å². The van der Waals surface area contributed by atoms with Crippen LogP contribution in [0.15, 0.2) is 35.1 Å². The van der Waals surface area contributed by atoms with Crippen LogP contribution in [0.4, 0.5) is 5.82 Å². The smallest absolute Gasteiger partial charge is 0.290 e. The van der Waals surface area contributed by atoms with Crippen LogP contribution >= 0.6 is 0 Å². The highest BCUT2D eigenvalue weighted by atomic mass is 16.4. The highest BCUT2D eigenvalue weighted by Gasteiger charge is 2.52. The van der Waals surface area contributed by atoms with Gasteiger partial charge in [0.2, 0.25) is 5.76 Å². The van der Waals surface area contributed by atoms with Crippen LogP contribution < -0.4 is 4.90 Å². The molecule has 0 unspecified atom stereocenters. The molecule has 1 N–H and O–H groups in total. The number of nitrogens with one attached hydrogen (secondary N) is 1. The number of H-pyrrole nitrogens is 1. The van der Waals surface area contributed by atoms with Gasteiger partial charge in [-0.1, -0.05) is 0 Å². The fourth-order valence-electron chi connectivity index (χ4n) is 4.00. The molecule has 1 aliphatic carbocycles. The van der Waals surface area contributed by atoms with E-state index in [2.05, 4.69) is 19.9 Å². The molecule has 0 radical (unpaired) electrons. The van der Waals surface area contributed by atoms with Gasteiger partial charge in [0.25, 0.3) is 5.91 Å². The Bertz CT molecular complexity index is 1060. The number of nitriles is 1. The van der Waals surface area contributed by atoms with E-state index >= 15 is 0 Å². The van der Waals surface area contributed by atoms with Crippen molar-refractivity contribution in [3.05, 3.63) is 42.2 Å². The standard InChI is InChI=1S/C19H18N6O2/c20-10-13-2-3-15(27-13)18(26)25-9-1-8-24(11-19(25)5-6-19)17-14-4-7-21-16(14)22-12-23-17/h2-4,7,12H,1,5-6,8-9,11H2,(H,21,22,23). The Balaban J connectivity index is 1.45. The molecule has 1 amide bonds. The normalized spacial score (nSPS) is 18.5. The van der Waals surface area contributed by atoms with Crippen molar-refractivity contribution in [3.63, 3.8) is 0 Å². The van der Waals surface area contributed by atoms with Gasteiger partial charge in [0.1, 0.15) is 23.9 Å². The number of furan rings is 1. The van der Waals surface area contributed by atoms with E-state index in [1.54, 1.807) is 18.5 Å². The Morgan fingerprint density at radius 1 is 1.26 bits per heavy atom. The van der Waals surface area contributed by atoms with Crippen molar-refractivity contribution in [2.75, 3.05) is 24.5 Å². The summed E-state index contributed by atoms with van der Waals surface area (Å²) >= 11 is 0. The van der Waals surface area contributed by atoms with Gasteiger partial charge in [-0.2, -0.15) is 5.26 Å². The minimum atomic E-state index is -0.194. The van der Waals surface area contributed by atoms with Crippen LogP contribution in [-0.4, -0.2) is 50.9 Å². The van der Waals surface area contributed by atoms with Gasteiger partial charge in [0.05, 0.1) is 10.9 Å². The van der Waals surface area contributed by atoms with Gasteiger partial charge < -0.3 is 19.2 Å². The Morgan fingerprint density at radius 3 is 2.93 bits per heavy atom. The molecule has 1 saturated heterocycles. The topological polar surface area (TPSA) is 102 Å². The number of nitrogens with zero attached hydrogens (tertiary/aromatic N) is 5. The maximum atomic E-state index is 13.0. The zero-order chi connectivity index (χ0) is 18.4. The molecule has 1 saturated carbocycles. The van der Waals surface area contributed by atoms with E-state index in [0.717, 1.165) is 49.2 Å². The van der Waals surface area contributed by atoms with Gasteiger partial charge in [-0.3, -0.25) is 4.79 Å². The lowest BCUT2D eigenvalue weighted by molar-refractivity contribution is 0.0636. The highest BCUT2D eigenvalue weighted by molar-refractivity contribution is 5.93.